The fourth-order valence-electron chi connectivity index (χ4n) is 2.13. The number of nitrogens with zero attached hydrogens (tertiary/aromatic N) is 2. The molecule has 0 aliphatic carbocycles. The first-order valence-electron chi connectivity index (χ1n) is 6.03. The molecule has 5 heteroatoms. The molecule has 0 saturated carbocycles. The number of aryl methyl sites for hydroxylation is 1. The number of aromatic nitrogens is 1. The highest BCUT2D eigenvalue weighted by Crippen LogP contribution is 2.13. The van der Waals surface area contributed by atoms with Crippen LogP contribution in [0.15, 0.2) is 5.51 Å². The van der Waals surface area contributed by atoms with Crippen molar-refractivity contribution < 1.29 is 4.79 Å². The lowest BCUT2D eigenvalue weighted by molar-refractivity contribution is -0.132. The Kier molecular flexibility index (Phi) is 4.12. The van der Waals surface area contributed by atoms with Gasteiger partial charge in [0, 0.05) is 37.5 Å². The molecule has 1 unspecified atom stereocenters. The summed E-state index contributed by atoms with van der Waals surface area (Å²) in [5, 5.41) is 3.52. The van der Waals surface area contributed by atoms with Gasteiger partial charge in [0.1, 0.15) is 0 Å². The molecule has 1 aliphatic rings. The molecule has 17 heavy (non-hydrogen) atoms. The summed E-state index contributed by atoms with van der Waals surface area (Å²) < 4.78 is 0. The first-order chi connectivity index (χ1) is 8.16. The van der Waals surface area contributed by atoms with Gasteiger partial charge >= 0.3 is 0 Å². The molecule has 94 valence electrons. The van der Waals surface area contributed by atoms with E-state index in [1.165, 1.54) is 4.88 Å². The third kappa shape index (κ3) is 3.26. The van der Waals surface area contributed by atoms with Crippen LogP contribution in [0.25, 0.3) is 0 Å². The maximum Gasteiger partial charge on any atom is 0.222 e. The van der Waals surface area contributed by atoms with Crippen LogP contribution in [-0.2, 0) is 11.2 Å². The van der Waals surface area contributed by atoms with Crippen molar-refractivity contribution in [2.75, 3.05) is 20.1 Å². The lowest BCUT2D eigenvalue weighted by Gasteiger charge is -2.30. The minimum Gasteiger partial charge on any atom is -0.344 e. The molecular formula is C12H19N3OS. The van der Waals surface area contributed by atoms with Crippen molar-refractivity contribution in [2.45, 2.75) is 32.2 Å². The lowest BCUT2D eigenvalue weighted by atomic mass is 10.1. The Hall–Kier alpha value is -0.940. The number of likely N-dealkylation sites (N-methyl/N-ethyl adjacent to an activating group) is 1. The van der Waals surface area contributed by atoms with E-state index in [1.807, 2.05) is 17.5 Å². The quantitative estimate of drug-likeness (QED) is 0.877. The second-order valence-electron chi connectivity index (χ2n) is 4.57. The fraction of sp³-hybridized carbons (Fsp3) is 0.667. The van der Waals surface area contributed by atoms with Gasteiger partial charge in [-0.05, 0) is 19.8 Å². The molecule has 0 spiro atoms. The van der Waals surface area contributed by atoms with Gasteiger partial charge in [-0.25, -0.2) is 4.98 Å². The zero-order valence-corrected chi connectivity index (χ0v) is 11.2. The normalized spacial score (nSPS) is 20.9. The minimum atomic E-state index is 0.265. The molecule has 2 rings (SSSR count). The Balaban J connectivity index is 1.72. The molecule has 4 nitrogen and oxygen atoms in total. The van der Waals surface area contributed by atoms with Crippen LogP contribution in [0, 0.1) is 6.92 Å². The molecule has 1 amide bonds. The number of likely N-dealkylation sites (tertiary alicyclic amines) is 1. The van der Waals surface area contributed by atoms with Crippen molar-refractivity contribution >= 4 is 17.2 Å². The van der Waals surface area contributed by atoms with Gasteiger partial charge in [-0.2, -0.15) is 0 Å². The van der Waals surface area contributed by atoms with E-state index >= 15 is 0 Å². The van der Waals surface area contributed by atoms with E-state index in [9.17, 15) is 4.79 Å². The molecule has 1 N–H and O–H groups in total. The van der Waals surface area contributed by atoms with E-state index in [4.69, 9.17) is 0 Å². The second kappa shape index (κ2) is 5.60. The largest absolute Gasteiger partial charge is 0.344 e. The van der Waals surface area contributed by atoms with Crippen LogP contribution in [0.4, 0.5) is 0 Å². The lowest BCUT2D eigenvalue weighted by Crippen LogP contribution is -2.47. The molecular weight excluding hydrogens is 234 g/mol. The molecule has 1 fully saturated rings. The van der Waals surface area contributed by atoms with E-state index in [0.29, 0.717) is 12.5 Å². The highest BCUT2D eigenvalue weighted by atomic mass is 32.1. The summed E-state index contributed by atoms with van der Waals surface area (Å²) in [6.07, 6.45) is 2.67. The molecule has 2 heterocycles. The molecule has 1 aromatic heterocycles. The third-order valence-electron chi connectivity index (χ3n) is 3.26. The summed E-state index contributed by atoms with van der Waals surface area (Å²) in [4.78, 5) is 18.8. The molecule has 0 bridgehead atoms. The maximum atomic E-state index is 11.3. The van der Waals surface area contributed by atoms with Crippen LogP contribution in [0.3, 0.4) is 0 Å². The predicted octanol–water partition coefficient (Wildman–Crippen LogP) is 1.20. The number of nitrogens with one attached hydrogen (secondary N) is 1. The first-order valence-corrected chi connectivity index (χ1v) is 6.91. The molecule has 1 aromatic rings. The summed E-state index contributed by atoms with van der Waals surface area (Å²) in [6.45, 7) is 3.86. The Morgan fingerprint density at radius 3 is 3.12 bits per heavy atom. The summed E-state index contributed by atoms with van der Waals surface area (Å²) in [7, 11) is 1.88. The standard InChI is InChI=1S/C12H19N3OS/c1-9-11(17-8-14-9)5-6-13-10-3-4-12(16)15(2)7-10/h8,10,13H,3-7H2,1-2H3. The summed E-state index contributed by atoms with van der Waals surface area (Å²) in [5.41, 5.74) is 3.05. The zero-order chi connectivity index (χ0) is 12.3. The van der Waals surface area contributed by atoms with Crippen LogP contribution < -0.4 is 5.32 Å². The van der Waals surface area contributed by atoms with Crippen molar-refractivity contribution in [3.63, 3.8) is 0 Å². The average Bonchev–Trinajstić information content (AvgIpc) is 2.70. The molecule has 0 aromatic carbocycles. The Labute approximate surface area is 106 Å². The van der Waals surface area contributed by atoms with Gasteiger partial charge < -0.3 is 10.2 Å². The number of amides is 1. The van der Waals surface area contributed by atoms with E-state index in [2.05, 4.69) is 17.2 Å². The van der Waals surface area contributed by atoms with E-state index in [-0.39, 0.29) is 5.91 Å². The van der Waals surface area contributed by atoms with Gasteiger partial charge in [-0.1, -0.05) is 0 Å². The van der Waals surface area contributed by atoms with Crippen LogP contribution in [0.1, 0.15) is 23.4 Å². The van der Waals surface area contributed by atoms with Gasteiger partial charge in [0.15, 0.2) is 0 Å². The van der Waals surface area contributed by atoms with Gasteiger partial charge in [-0.3, -0.25) is 4.79 Å². The minimum absolute atomic E-state index is 0.265. The van der Waals surface area contributed by atoms with Crippen molar-refractivity contribution in [3.8, 4) is 0 Å². The maximum absolute atomic E-state index is 11.3. The van der Waals surface area contributed by atoms with Crippen molar-refractivity contribution in [2.24, 2.45) is 0 Å². The molecule has 1 aliphatic heterocycles. The Bertz CT molecular complexity index is 391. The number of hydrogen-bond acceptors (Lipinski definition) is 4. The Morgan fingerprint density at radius 1 is 1.65 bits per heavy atom. The van der Waals surface area contributed by atoms with Gasteiger partial charge in [-0.15, -0.1) is 11.3 Å². The van der Waals surface area contributed by atoms with Crippen molar-refractivity contribution in [3.05, 3.63) is 16.1 Å². The van der Waals surface area contributed by atoms with Crippen molar-refractivity contribution in [1.29, 1.82) is 0 Å². The first kappa shape index (κ1) is 12.5. The SMILES string of the molecule is Cc1ncsc1CCNC1CCC(=O)N(C)C1. The summed E-state index contributed by atoms with van der Waals surface area (Å²) in [6, 6.07) is 0.450. The summed E-state index contributed by atoms with van der Waals surface area (Å²) >= 11 is 1.72. The fourth-order valence-corrected chi connectivity index (χ4v) is 2.92. The van der Waals surface area contributed by atoms with E-state index in [1.54, 1.807) is 11.3 Å². The van der Waals surface area contributed by atoms with Gasteiger partial charge in [0.25, 0.3) is 0 Å². The molecule has 1 atom stereocenters. The smallest absolute Gasteiger partial charge is 0.222 e. The van der Waals surface area contributed by atoms with Crippen LogP contribution in [-0.4, -0.2) is 42.0 Å². The number of thiazole rings is 1. The topological polar surface area (TPSA) is 45.2 Å². The monoisotopic (exact) mass is 253 g/mol. The predicted molar refractivity (Wildman–Crippen MR) is 69.2 cm³/mol. The summed E-state index contributed by atoms with van der Waals surface area (Å²) in [5.74, 6) is 0.265. The number of carbonyl (C=O) groups excluding carboxylic acids is 1. The number of hydrogen-bond donors (Lipinski definition) is 1. The average molecular weight is 253 g/mol. The van der Waals surface area contributed by atoms with E-state index in [0.717, 1.165) is 31.6 Å². The van der Waals surface area contributed by atoms with Crippen LogP contribution >= 0.6 is 11.3 Å². The molecule has 1 saturated heterocycles. The highest BCUT2D eigenvalue weighted by molar-refractivity contribution is 7.09. The van der Waals surface area contributed by atoms with Crippen molar-refractivity contribution in [1.82, 2.24) is 15.2 Å². The number of rotatable bonds is 4. The number of piperidine rings is 1. The molecule has 0 radical (unpaired) electrons. The zero-order valence-electron chi connectivity index (χ0n) is 10.4. The van der Waals surface area contributed by atoms with Crippen LogP contribution in [0.5, 0.6) is 0 Å². The highest BCUT2D eigenvalue weighted by Gasteiger charge is 2.21. The second-order valence-corrected chi connectivity index (χ2v) is 5.51. The van der Waals surface area contributed by atoms with E-state index < -0.39 is 0 Å². The number of carbonyl (C=O) groups is 1. The van der Waals surface area contributed by atoms with Gasteiger partial charge in [0.2, 0.25) is 5.91 Å². The third-order valence-corrected chi connectivity index (χ3v) is 4.25. The Morgan fingerprint density at radius 2 is 2.47 bits per heavy atom. The van der Waals surface area contributed by atoms with Gasteiger partial charge in [0.05, 0.1) is 11.2 Å². The van der Waals surface area contributed by atoms with Crippen LogP contribution in [0.2, 0.25) is 0 Å².